The number of hydrogen-bond acceptors (Lipinski definition) is 5. The van der Waals surface area contributed by atoms with Crippen molar-refractivity contribution in [2.75, 3.05) is 20.2 Å². The van der Waals surface area contributed by atoms with Crippen LogP contribution in [-0.2, 0) is 4.74 Å². The molecular weight excluding hydrogens is 295 g/mol. The molecule has 0 spiro atoms. The lowest BCUT2D eigenvalue weighted by atomic mass is 10.2. The Morgan fingerprint density at radius 1 is 1.41 bits per heavy atom. The number of carbonyl (C=O) groups excluding carboxylic acids is 1. The molecule has 1 amide bonds. The number of nitrogens with zero attached hydrogens (tertiary/aromatic N) is 2. The maximum Gasteiger partial charge on any atom is 0.410 e. The number of rotatable bonds is 5. The second kappa shape index (κ2) is 7.06. The van der Waals surface area contributed by atoms with Gasteiger partial charge in [0.2, 0.25) is 5.82 Å². The molecule has 1 rings (SSSR count). The predicted octanol–water partition coefficient (Wildman–Crippen LogP) is 2.98. The van der Waals surface area contributed by atoms with E-state index in [1.165, 1.54) is 24.1 Å². The number of nitro benzene ring substituents is 1. The third kappa shape index (κ3) is 5.19. The monoisotopic (exact) mass is 314 g/mol. The Kier molecular flexibility index (Phi) is 5.67. The van der Waals surface area contributed by atoms with Crippen LogP contribution in [0.15, 0.2) is 18.2 Å². The van der Waals surface area contributed by atoms with Crippen molar-refractivity contribution in [1.29, 1.82) is 0 Å². The minimum atomic E-state index is -0.969. The lowest BCUT2D eigenvalue weighted by Crippen LogP contribution is -2.36. The number of amides is 1. The van der Waals surface area contributed by atoms with E-state index in [2.05, 4.69) is 0 Å². The van der Waals surface area contributed by atoms with Crippen LogP contribution in [0.3, 0.4) is 0 Å². The number of likely N-dealkylation sites (N-methyl/N-ethyl adjacent to an activating group) is 1. The summed E-state index contributed by atoms with van der Waals surface area (Å²) >= 11 is 0. The highest BCUT2D eigenvalue weighted by atomic mass is 19.1. The van der Waals surface area contributed by atoms with Crippen LogP contribution in [0.1, 0.15) is 20.8 Å². The SMILES string of the molecule is CN(CCOc1cccc(F)c1[N+](=O)[O-])C(=O)OC(C)(C)C. The summed E-state index contributed by atoms with van der Waals surface area (Å²) in [6.07, 6.45) is -0.537. The van der Waals surface area contributed by atoms with E-state index in [9.17, 15) is 19.3 Å². The van der Waals surface area contributed by atoms with Crippen molar-refractivity contribution in [2.24, 2.45) is 0 Å². The van der Waals surface area contributed by atoms with Crippen LogP contribution in [0.2, 0.25) is 0 Å². The molecule has 0 aliphatic carbocycles. The quantitative estimate of drug-likeness (QED) is 0.616. The van der Waals surface area contributed by atoms with Crippen LogP contribution in [0.25, 0.3) is 0 Å². The first-order chi connectivity index (χ1) is 10.1. The maximum absolute atomic E-state index is 13.4. The Labute approximate surface area is 127 Å². The molecule has 0 aliphatic heterocycles. The highest BCUT2D eigenvalue weighted by Gasteiger charge is 2.22. The lowest BCUT2D eigenvalue weighted by Gasteiger charge is -2.24. The Morgan fingerprint density at radius 3 is 2.59 bits per heavy atom. The zero-order valence-corrected chi connectivity index (χ0v) is 13.0. The molecule has 0 N–H and O–H groups in total. The molecule has 0 radical (unpaired) electrons. The third-order valence-corrected chi connectivity index (χ3v) is 2.52. The summed E-state index contributed by atoms with van der Waals surface area (Å²) in [5.41, 5.74) is -1.34. The van der Waals surface area contributed by atoms with Gasteiger partial charge in [0, 0.05) is 7.05 Å². The molecule has 1 aromatic carbocycles. The molecule has 0 aromatic heterocycles. The summed E-state index contributed by atoms with van der Waals surface area (Å²) in [6.45, 7) is 5.34. The van der Waals surface area contributed by atoms with Crippen LogP contribution >= 0.6 is 0 Å². The Bertz CT molecular complexity index is 557. The zero-order valence-electron chi connectivity index (χ0n) is 13.0. The van der Waals surface area contributed by atoms with Crippen LogP contribution < -0.4 is 4.74 Å². The van der Waals surface area contributed by atoms with Crippen molar-refractivity contribution in [3.63, 3.8) is 0 Å². The van der Waals surface area contributed by atoms with Crippen molar-refractivity contribution < 1.29 is 23.6 Å². The van der Waals surface area contributed by atoms with Gasteiger partial charge < -0.3 is 14.4 Å². The van der Waals surface area contributed by atoms with E-state index in [4.69, 9.17) is 9.47 Å². The average molecular weight is 314 g/mol. The molecule has 0 unspecified atom stereocenters. The van der Waals surface area contributed by atoms with Gasteiger partial charge in [-0.3, -0.25) is 10.1 Å². The van der Waals surface area contributed by atoms with Crippen LogP contribution in [-0.4, -0.2) is 41.7 Å². The molecule has 1 aromatic rings. The smallest absolute Gasteiger partial charge is 0.410 e. The molecule has 0 fully saturated rings. The molecule has 22 heavy (non-hydrogen) atoms. The van der Waals surface area contributed by atoms with Crippen LogP contribution in [0.4, 0.5) is 14.9 Å². The van der Waals surface area contributed by atoms with E-state index in [0.29, 0.717) is 0 Å². The number of carbonyl (C=O) groups is 1. The van der Waals surface area contributed by atoms with E-state index >= 15 is 0 Å². The molecule has 0 heterocycles. The standard InChI is InChI=1S/C14H19FN2O5/c1-14(2,3)22-13(18)16(4)8-9-21-11-7-5-6-10(15)12(11)17(19)20/h5-7H,8-9H2,1-4H3. The van der Waals surface area contributed by atoms with Gasteiger partial charge in [-0.1, -0.05) is 6.07 Å². The Hall–Kier alpha value is -2.38. The van der Waals surface area contributed by atoms with E-state index in [1.54, 1.807) is 20.8 Å². The van der Waals surface area contributed by atoms with Crippen molar-refractivity contribution in [1.82, 2.24) is 4.90 Å². The predicted molar refractivity (Wildman–Crippen MR) is 77.4 cm³/mol. The van der Waals surface area contributed by atoms with E-state index < -0.39 is 28.1 Å². The third-order valence-electron chi connectivity index (χ3n) is 2.52. The van der Waals surface area contributed by atoms with Gasteiger partial charge in [0.25, 0.3) is 0 Å². The Balaban J connectivity index is 2.60. The molecule has 0 saturated carbocycles. The number of hydrogen-bond donors (Lipinski definition) is 0. The fourth-order valence-electron chi connectivity index (χ4n) is 1.51. The van der Waals surface area contributed by atoms with Gasteiger partial charge in [-0.2, -0.15) is 4.39 Å². The molecule has 7 nitrogen and oxygen atoms in total. The van der Waals surface area contributed by atoms with Gasteiger partial charge in [0.1, 0.15) is 12.2 Å². The first kappa shape index (κ1) is 17.7. The van der Waals surface area contributed by atoms with Gasteiger partial charge in [0.15, 0.2) is 5.75 Å². The zero-order chi connectivity index (χ0) is 16.9. The minimum absolute atomic E-state index is 0.0277. The van der Waals surface area contributed by atoms with Gasteiger partial charge in [-0.15, -0.1) is 0 Å². The molecule has 8 heteroatoms. The topological polar surface area (TPSA) is 81.9 Å². The summed E-state index contributed by atoms with van der Waals surface area (Å²) < 4.78 is 23.7. The summed E-state index contributed by atoms with van der Waals surface area (Å²) in [5, 5.41) is 10.8. The summed E-state index contributed by atoms with van der Waals surface area (Å²) in [6, 6.07) is 3.60. The van der Waals surface area contributed by atoms with Crippen molar-refractivity contribution >= 4 is 11.8 Å². The largest absolute Gasteiger partial charge is 0.485 e. The number of nitro groups is 1. The van der Waals surface area contributed by atoms with E-state index in [-0.39, 0.29) is 18.9 Å². The Morgan fingerprint density at radius 2 is 2.05 bits per heavy atom. The molecule has 0 bridgehead atoms. The fourth-order valence-corrected chi connectivity index (χ4v) is 1.51. The number of halogens is 1. The fraction of sp³-hybridized carbons (Fsp3) is 0.500. The first-order valence-corrected chi connectivity index (χ1v) is 6.61. The van der Waals surface area contributed by atoms with Gasteiger partial charge in [-0.25, -0.2) is 4.79 Å². The van der Waals surface area contributed by atoms with E-state index in [1.807, 2.05) is 0 Å². The summed E-state index contributed by atoms with van der Waals surface area (Å²) in [7, 11) is 1.51. The second-order valence-corrected chi connectivity index (χ2v) is 5.59. The molecule has 0 atom stereocenters. The van der Waals surface area contributed by atoms with Gasteiger partial charge >= 0.3 is 11.8 Å². The lowest BCUT2D eigenvalue weighted by molar-refractivity contribution is -0.388. The summed E-state index contributed by atoms with van der Waals surface area (Å²) in [4.78, 5) is 22.9. The molecule has 0 aliphatic rings. The molecular formula is C14H19FN2O5. The van der Waals surface area contributed by atoms with Crippen LogP contribution in [0, 0.1) is 15.9 Å². The number of ether oxygens (including phenoxy) is 2. The van der Waals surface area contributed by atoms with Crippen molar-refractivity contribution in [2.45, 2.75) is 26.4 Å². The van der Waals surface area contributed by atoms with Gasteiger partial charge in [-0.05, 0) is 32.9 Å². The highest BCUT2D eigenvalue weighted by Crippen LogP contribution is 2.29. The van der Waals surface area contributed by atoms with Gasteiger partial charge in [0.05, 0.1) is 11.5 Å². The second-order valence-electron chi connectivity index (χ2n) is 5.59. The first-order valence-electron chi connectivity index (χ1n) is 6.61. The van der Waals surface area contributed by atoms with Crippen molar-refractivity contribution in [3.8, 4) is 5.75 Å². The normalized spacial score (nSPS) is 11.0. The molecule has 122 valence electrons. The van der Waals surface area contributed by atoms with Crippen LogP contribution in [0.5, 0.6) is 5.75 Å². The number of benzene rings is 1. The maximum atomic E-state index is 13.4. The average Bonchev–Trinajstić information content (AvgIpc) is 2.36. The minimum Gasteiger partial charge on any atom is -0.485 e. The highest BCUT2D eigenvalue weighted by molar-refractivity contribution is 5.67. The van der Waals surface area contributed by atoms with E-state index in [0.717, 1.165) is 6.07 Å². The summed E-state index contributed by atoms with van der Waals surface area (Å²) in [5.74, 6) is -1.15. The molecule has 0 saturated heterocycles. The number of para-hydroxylation sites is 1. The van der Waals surface area contributed by atoms with Crippen molar-refractivity contribution in [3.05, 3.63) is 34.1 Å².